The Kier molecular flexibility index (Phi) is 6.62. The third-order valence-electron chi connectivity index (χ3n) is 6.54. The lowest BCUT2D eigenvalue weighted by molar-refractivity contribution is 0.205. The van der Waals surface area contributed by atoms with Crippen LogP contribution in [0.3, 0.4) is 0 Å². The first-order chi connectivity index (χ1) is 17.5. The standard InChI is InChI=1S/C29H27FN4O2/c1-3-20-9-11-22(12-10-20)26-25(28-32-27(33-36-28)23-13-15-24(30)16-14-23)19(2)34(29(35)31-26)18-17-21-7-5-4-6-8-21/h4-16,26H,3,17-18H2,1-2H3,(H,31,35). The fourth-order valence-corrected chi connectivity index (χ4v) is 4.46. The van der Waals surface area contributed by atoms with Crippen molar-refractivity contribution in [3.8, 4) is 11.4 Å². The average Bonchev–Trinajstić information content (AvgIpc) is 3.39. The fourth-order valence-electron chi connectivity index (χ4n) is 4.46. The van der Waals surface area contributed by atoms with Crippen LogP contribution < -0.4 is 5.32 Å². The summed E-state index contributed by atoms with van der Waals surface area (Å²) in [7, 11) is 0. The minimum absolute atomic E-state index is 0.171. The SMILES string of the molecule is CCc1ccc(C2NC(=O)N(CCc3ccccc3)C(C)=C2c2nc(-c3ccc(F)cc3)no2)cc1. The number of benzene rings is 3. The molecule has 1 aromatic heterocycles. The van der Waals surface area contributed by atoms with E-state index in [1.165, 1.54) is 17.7 Å². The topological polar surface area (TPSA) is 71.3 Å². The summed E-state index contributed by atoms with van der Waals surface area (Å²) in [5.74, 6) is 0.347. The molecule has 0 spiro atoms. The van der Waals surface area contributed by atoms with E-state index < -0.39 is 6.04 Å². The monoisotopic (exact) mass is 482 g/mol. The number of rotatable bonds is 7. The van der Waals surface area contributed by atoms with E-state index in [2.05, 4.69) is 34.5 Å². The van der Waals surface area contributed by atoms with E-state index in [4.69, 9.17) is 4.52 Å². The van der Waals surface area contributed by atoms with Gasteiger partial charge in [0.15, 0.2) is 0 Å². The van der Waals surface area contributed by atoms with Gasteiger partial charge in [0.2, 0.25) is 5.82 Å². The third-order valence-corrected chi connectivity index (χ3v) is 6.54. The summed E-state index contributed by atoms with van der Waals surface area (Å²) in [6.07, 6.45) is 1.64. The molecule has 182 valence electrons. The molecule has 2 amide bonds. The molecular formula is C29H27FN4O2. The van der Waals surface area contributed by atoms with Crippen molar-refractivity contribution in [2.24, 2.45) is 0 Å². The van der Waals surface area contributed by atoms with Gasteiger partial charge in [-0.1, -0.05) is 66.7 Å². The van der Waals surface area contributed by atoms with Crippen LogP contribution in [0.15, 0.2) is 89.1 Å². The number of carbonyl (C=O) groups excluding carboxylic acids is 1. The van der Waals surface area contributed by atoms with Crippen LogP contribution in [0.25, 0.3) is 17.0 Å². The first-order valence-electron chi connectivity index (χ1n) is 12.0. The Bertz CT molecular complexity index is 1380. The molecule has 0 saturated carbocycles. The fraction of sp³-hybridized carbons (Fsp3) is 0.207. The maximum absolute atomic E-state index is 13.4. The van der Waals surface area contributed by atoms with E-state index in [1.54, 1.807) is 17.0 Å². The van der Waals surface area contributed by atoms with Crippen LogP contribution in [-0.2, 0) is 12.8 Å². The summed E-state index contributed by atoms with van der Waals surface area (Å²) in [6.45, 7) is 4.52. The second-order valence-electron chi connectivity index (χ2n) is 8.79. The zero-order chi connectivity index (χ0) is 25.1. The zero-order valence-electron chi connectivity index (χ0n) is 20.2. The number of halogens is 1. The molecule has 4 aromatic rings. The Morgan fingerprint density at radius 1 is 0.972 bits per heavy atom. The first kappa shape index (κ1) is 23.5. The molecular weight excluding hydrogens is 455 g/mol. The van der Waals surface area contributed by atoms with E-state index in [-0.39, 0.29) is 11.8 Å². The molecule has 0 aliphatic carbocycles. The lowest BCUT2D eigenvalue weighted by Crippen LogP contribution is -2.46. The number of hydrogen-bond acceptors (Lipinski definition) is 4. The van der Waals surface area contributed by atoms with Gasteiger partial charge in [0, 0.05) is 17.8 Å². The van der Waals surface area contributed by atoms with Crippen LogP contribution in [0.2, 0.25) is 0 Å². The maximum atomic E-state index is 13.4. The summed E-state index contributed by atoms with van der Waals surface area (Å²) >= 11 is 0. The van der Waals surface area contributed by atoms with Crippen molar-refractivity contribution in [1.29, 1.82) is 0 Å². The lowest BCUT2D eigenvalue weighted by atomic mass is 9.93. The Morgan fingerprint density at radius 3 is 2.39 bits per heavy atom. The summed E-state index contributed by atoms with van der Waals surface area (Å²) in [5, 5.41) is 7.29. The number of urea groups is 1. The van der Waals surface area contributed by atoms with E-state index in [0.717, 1.165) is 28.8 Å². The molecule has 0 radical (unpaired) electrons. The number of aryl methyl sites for hydroxylation is 1. The van der Waals surface area contributed by atoms with Crippen LogP contribution in [0.1, 0.15) is 42.5 Å². The van der Waals surface area contributed by atoms with Gasteiger partial charge in [0.25, 0.3) is 5.89 Å². The highest BCUT2D eigenvalue weighted by Crippen LogP contribution is 2.37. The summed E-state index contributed by atoms with van der Waals surface area (Å²) in [4.78, 5) is 19.6. The van der Waals surface area contributed by atoms with Crippen LogP contribution >= 0.6 is 0 Å². The van der Waals surface area contributed by atoms with Gasteiger partial charge in [-0.3, -0.25) is 4.90 Å². The van der Waals surface area contributed by atoms with Crippen molar-refractivity contribution in [1.82, 2.24) is 20.4 Å². The number of aromatic nitrogens is 2. The van der Waals surface area contributed by atoms with Crippen molar-refractivity contribution < 1.29 is 13.7 Å². The van der Waals surface area contributed by atoms with Crippen LogP contribution in [0, 0.1) is 5.82 Å². The van der Waals surface area contributed by atoms with Crippen molar-refractivity contribution >= 4 is 11.6 Å². The Morgan fingerprint density at radius 2 is 1.69 bits per heavy atom. The Hall–Kier alpha value is -4.26. The summed E-state index contributed by atoms with van der Waals surface area (Å²) in [6, 6.07) is 23.6. The second kappa shape index (κ2) is 10.2. The van der Waals surface area contributed by atoms with Gasteiger partial charge in [-0.25, -0.2) is 9.18 Å². The van der Waals surface area contributed by atoms with Gasteiger partial charge in [-0.05, 0) is 60.7 Å². The smallest absolute Gasteiger partial charge is 0.322 e. The minimum Gasteiger partial charge on any atom is -0.334 e. The van der Waals surface area contributed by atoms with Gasteiger partial charge in [0.1, 0.15) is 5.82 Å². The summed E-state index contributed by atoms with van der Waals surface area (Å²) in [5.41, 5.74) is 5.44. The highest BCUT2D eigenvalue weighted by atomic mass is 19.1. The van der Waals surface area contributed by atoms with Gasteiger partial charge in [-0.15, -0.1) is 0 Å². The summed E-state index contributed by atoms with van der Waals surface area (Å²) < 4.78 is 19.1. The molecule has 1 aliphatic heterocycles. The molecule has 5 rings (SSSR count). The molecule has 7 heteroatoms. The minimum atomic E-state index is -0.446. The predicted octanol–water partition coefficient (Wildman–Crippen LogP) is 6.18. The third kappa shape index (κ3) is 4.77. The molecule has 3 aromatic carbocycles. The van der Waals surface area contributed by atoms with Crippen LogP contribution in [0.4, 0.5) is 9.18 Å². The zero-order valence-corrected chi connectivity index (χ0v) is 20.2. The second-order valence-corrected chi connectivity index (χ2v) is 8.79. The normalized spacial score (nSPS) is 15.8. The van der Waals surface area contributed by atoms with E-state index >= 15 is 0 Å². The lowest BCUT2D eigenvalue weighted by Gasteiger charge is -2.35. The first-order valence-corrected chi connectivity index (χ1v) is 12.0. The Balaban J connectivity index is 1.54. The molecule has 1 atom stereocenters. The van der Waals surface area contributed by atoms with Crippen molar-refractivity contribution in [3.63, 3.8) is 0 Å². The highest BCUT2D eigenvalue weighted by Gasteiger charge is 2.35. The molecule has 2 heterocycles. The Labute approximate surface area is 209 Å². The molecule has 1 aliphatic rings. The van der Waals surface area contributed by atoms with Crippen molar-refractivity contribution in [2.75, 3.05) is 6.54 Å². The number of carbonyl (C=O) groups is 1. The molecule has 1 unspecified atom stereocenters. The molecule has 0 saturated heterocycles. The molecule has 6 nitrogen and oxygen atoms in total. The molecule has 1 N–H and O–H groups in total. The van der Waals surface area contributed by atoms with E-state index in [0.29, 0.717) is 30.2 Å². The number of amides is 2. The molecule has 0 fully saturated rings. The number of nitrogens with zero attached hydrogens (tertiary/aromatic N) is 3. The van der Waals surface area contributed by atoms with Crippen LogP contribution in [0.5, 0.6) is 0 Å². The largest absolute Gasteiger partial charge is 0.334 e. The average molecular weight is 483 g/mol. The molecule has 0 bridgehead atoms. The number of nitrogens with one attached hydrogen (secondary N) is 1. The van der Waals surface area contributed by atoms with Gasteiger partial charge in [0.05, 0.1) is 11.6 Å². The van der Waals surface area contributed by atoms with Crippen molar-refractivity contribution in [3.05, 3.63) is 113 Å². The predicted molar refractivity (Wildman–Crippen MR) is 136 cm³/mol. The maximum Gasteiger partial charge on any atom is 0.322 e. The quantitative estimate of drug-likeness (QED) is 0.342. The van der Waals surface area contributed by atoms with Crippen molar-refractivity contribution in [2.45, 2.75) is 32.7 Å². The van der Waals surface area contributed by atoms with Gasteiger partial charge in [-0.2, -0.15) is 4.98 Å². The molecule has 36 heavy (non-hydrogen) atoms. The van der Waals surface area contributed by atoms with Gasteiger partial charge >= 0.3 is 6.03 Å². The highest BCUT2D eigenvalue weighted by molar-refractivity contribution is 5.86. The number of hydrogen-bond donors (Lipinski definition) is 1. The van der Waals surface area contributed by atoms with E-state index in [1.807, 2.05) is 49.4 Å². The van der Waals surface area contributed by atoms with Gasteiger partial charge < -0.3 is 9.84 Å². The van der Waals surface area contributed by atoms with E-state index in [9.17, 15) is 9.18 Å². The van der Waals surface area contributed by atoms with Crippen LogP contribution in [-0.4, -0.2) is 27.6 Å². The number of allylic oxidation sites excluding steroid dienone is 1.